The summed E-state index contributed by atoms with van der Waals surface area (Å²) >= 11 is 6.08. The number of hydrogen-bond donors (Lipinski definition) is 2. The summed E-state index contributed by atoms with van der Waals surface area (Å²) in [5.74, 6) is 2.30. The highest BCUT2D eigenvalue weighted by Gasteiger charge is 2.34. The lowest BCUT2D eigenvalue weighted by Gasteiger charge is -2.39. The maximum atomic E-state index is 9.83. The number of aromatic nitrogens is 2. The van der Waals surface area contributed by atoms with Crippen molar-refractivity contribution in [3.05, 3.63) is 17.0 Å². The summed E-state index contributed by atoms with van der Waals surface area (Å²) in [6.07, 6.45) is 4.28. The average Bonchev–Trinajstić information content (AvgIpc) is 2.38. The molecule has 1 aliphatic carbocycles. The Morgan fingerprint density at radius 1 is 1.50 bits per heavy atom. The Morgan fingerprint density at radius 2 is 2.25 bits per heavy atom. The predicted octanol–water partition coefficient (Wildman–Crippen LogP) is 3.61. The number of hydrogen-bond acceptors (Lipinski definition) is 4. The highest BCUT2D eigenvalue weighted by Crippen LogP contribution is 2.34. The van der Waals surface area contributed by atoms with Crippen LogP contribution in [0.15, 0.2) is 6.07 Å². The van der Waals surface area contributed by atoms with Gasteiger partial charge in [0, 0.05) is 12.0 Å². The summed E-state index contributed by atoms with van der Waals surface area (Å²) in [5.41, 5.74) is -0.274. The Labute approximate surface area is 126 Å². The zero-order valence-corrected chi connectivity index (χ0v) is 13.2. The third-order valence-corrected chi connectivity index (χ3v) is 4.21. The van der Waals surface area contributed by atoms with E-state index in [0.717, 1.165) is 30.9 Å². The van der Waals surface area contributed by atoms with Gasteiger partial charge in [0.1, 0.15) is 16.8 Å². The quantitative estimate of drug-likeness (QED) is 0.834. The van der Waals surface area contributed by atoms with Crippen molar-refractivity contribution in [2.24, 2.45) is 5.92 Å². The minimum Gasteiger partial charge on any atom is -0.394 e. The standard InChI is InChI=1S/C15H24ClN3O/c1-10(2)14-17-12(16)7-13(18-14)19-15(9-20)6-4-5-11(3)8-15/h7,10-11,20H,4-6,8-9H2,1-3H3,(H,17,18,19). The number of nitrogens with zero attached hydrogens (tertiary/aromatic N) is 2. The van der Waals surface area contributed by atoms with Crippen molar-refractivity contribution < 1.29 is 5.11 Å². The first-order chi connectivity index (χ1) is 9.44. The molecule has 2 unspecified atom stereocenters. The number of aliphatic hydroxyl groups excluding tert-OH is 1. The second kappa shape index (κ2) is 6.27. The van der Waals surface area contributed by atoms with Gasteiger partial charge in [-0.1, -0.05) is 45.2 Å². The Balaban J connectivity index is 2.23. The van der Waals surface area contributed by atoms with Gasteiger partial charge >= 0.3 is 0 Å². The molecule has 0 bridgehead atoms. The van der Waals surface area contributed by atoms with Crippen molar-refractivity contribution in [3.63, 3.8) is 0 Å². The van der Waals surface area contributed by atoms with Crippen molar-refractivity contribution in [1.29, 1.82) is 0 Å². The molecule has 1 heterocycles. The fraction of sp³-hybridized carbons (Fsp3) is 0.733. The molecule has 20 heavy (non-hydrogen) atoms. The van der Waals surface area contributed by atoms with E-state index in [1.54, 1.807) is 6.07 Å². The van der Waals surface area contributed by atoms with E-state index in [-0.39, 0.29) is 18.1 Å². The van der Waals surface area contributed by atoms with Crippen LogP contribution in [0, 0.1) is 5.92 Å². The van der Waals surface area contributed by atoms with Crippen LogP contribution in [0.5, 0.6) is 0 Å². The summed E-state index contributed by atoms with van der Waals surface area (Å²) in [7, 11) is 0. The molecule has 1 aliphatic rings. The average molecular weight is 298 g/mol. The third kappa shape index (κ3) is 3.61. The molecule has 0 aliphatic heterocycles. The normalized spacial score (nSPS) is 26.8. The van der Waals surface area contributed by atoms with Crippen molar-refractivity contribution in [3.8, 4) is 0 Å². The number of nitrogens with one attached hydrogen (secondary N) is 1. The lowest BCUT2D eigenvalue weighted by molar-refractivity contribution is 0.149. The molecule has 112 valence electrons. The molecular formula is C15H24ClN3O. The number of aliphatic hydroxyl groups is 1. The van der Waals surface area contributed by atoms with E-state index < -0.39 is 0 Å². The van der Waals surface area contributed by atoms with E-state index in [2.05, 4.69) is 22.2 Å². The van der Waals surface area contributed by atoms with Crippen LogP contribution in [-0.4, -0.2) is 27.2 Å². The molecule has 2 atom stereocenters. The topological polar surface area (TPSA) is 58.0 Å². The van der Waals surface area contributed by atoms with Crippen LogP contribution in [0.3, 0.4) is 0 Å². The molecule has 5 heteroatoms. The monoisotopic (exact) mass is 297 g/mol. The lowest BCUT2D eigenvalue weighted by atomic mass is 9.77. The van der Waals surface area contributed by atoms with Gasteiger partial charge in [0.05, 0.1) is 12.1 Å². The first kappa shape index (κ1) is 15.5. The highest BCUT2D eigenvalue weighted by molar-refractivity contribution is 6.29. The van der Waals surface area contributed by atoms with E-state index in [9.17, 15) is 5.11 Å². The van der Waals surface area contributed by atoms with E-state index in [1.165, 1.54) is 6.42 Å². The van der Waals surface area contributed by atoms with Crippen molar-refractivity contribution >= 4 is 17.4 Å². The molecule has 1 fully saturated rings. The number of rotatable bonds is 4. The Hall–Kier alpha value is -0.870. The summed E-state index contributed by atoms with van der Waals surface area (Å²) < 4.78 is 0. The molecule has 4 nitrogen and oxygen atoms in total. The summed E-state index contributed by atoms with van der Waals surface area (Å²) in [4.78, 5) is 8.77. The fourth-order valence-electron chi connectivity index (χ4n) is 2.99. The third-order valence-electron chi connectivity index (χ3n) is 4.02. The molecule has 0 spiro atoms. The highest BCUT2D eigenvalue weighted by atomic mass is 35.5. The van der Waals surface area contributed by atoms with Gasteiger partial charge in [-0.3, -0.25) is 0 Å². The van der Waals surface area contributed by atoms with Crippen LogP contribution in [0.2, 0.25) is 5.15 Å². The summed E-state index contributed by atoms with van der Waals surface area (Å²) in [6.45, 7) is 6.44. The van der Waals surface area contributed by atoms with Gasteiger partial charge in [0.2, 0.25) is 0 Å². The minimum atomic E-state index is -0.274. The minimum absolute atomic E-state index is 0.121. The molecule has 1 saturated carbocycles. The second-order valence-electron chi connectivity index (χ2n) is 6.35. The number of anilines is 1. The van der Waals surface area contributed by atoms with Gasteiger partial charge in [0.15, 0.2) is 0 Å². The summed E-state index contributed by atoms with van der Waals surface area (Å²) in [5, 5.41) is 13.7. The smallest absolute Gasteiger partial charge is 0.135 e. The van der Waals surface area contributed by atoms with Crippen LogP contribution >= 0.6 is 11.6 Å². The maximum absolute atomic E-state index is 9.83. The largest absolute Gasteiger partial charge is 0.394 e. The van der Waals surface area contributed by atoms with Gasteiger partial charge in [-0.2, -0.15) is 0 Å². The lowest BCUT2D eigenvalue weighted by Crippen LogP contribution is -2.46. The molecule has 1 aromatic rings. The zero-order chi connectivity index (χ0) is 14.8. The van der Waals surface area contributed by atoms with Gasteiger partial charge in [-0.05, 0) is 18.8 Å². The maximum Gasteiger partial charge on any atom is 0.135 e. The van der Waals surface area contributed by atoms with Gasteiger partial charge < -0.3 is 10.4 Å². The molecule has 0 amide bonds. The summed E-state index contributed by atoms with van der Waals surface area (Å²) in [6, 6.07) is 1.74. The zero-order valence-electron chi connectivity index (χ0n) is 12.5. The van der Waals surface area contributed by atoms with E-state index in [1.807, 2.05) is 13.8 Å². The van der Waals surface area contributed by atoms with Gasteiger partial charge in [-0.15, -0.1) is 0 Å². The van der Waals surface area contributed by atoms with Crippen molar-refractivity contribution in [2.75, 3.05) is 11.9 Å². The molecule has 0 saturated heterocycles. The second-order valence-corrected chi connectivity index (χ2v) is 6.74. The van der Waals surface area contributed by atoms with Crippen LogP contribution in [0.4, 0.5) is 5.82 Å². The van der Waals surface area contributed by atoms with Crippen LogP contribution in [0.25, 0.3) is 0 Å². The molecule has 2 N–H and O–H groups in total. The first-order valence-electron chi connectivity index (χ1n) is 7.37. The number of halogens is 1. The Bertz CT molecular complexity index is 466. The van der Waals surface area contributed by atoms with Crippen molar-refractivity contribution in [2.45, 2.75) is 57.9 Å². The molecule has 1 aromatic heterocycles. The predicted molar refractivity (Wildman–Crippen MR) is 82.2 cm³/mol. The van der Waals surface area contributed by atoms with Gasteiger partial charge in [-0.25, -0.2) is 9.97 Å². The fourth-order valence-corrected chi connectivity index (χ4v) is 3.18. The van der Waals surface area contributed by atoms with Gasteiger partial charge in [0.25, 0.3) is 0 Å². The van der Waals surface area contributed by atoms with Crippen LogP contribution in [0.1, 0.15) is 58.2 Å². The molecule has 0 radical (unpaired) electrons. The molecular weight excluding hydrogens is 274 g/mol. The van der Waals surface area contributed by atoms with E-state index in [0.29, 0.717) is 11.1 Å². The van der Waals surface area contributed by atoms with E-state index >= 15 is 0 Å². The molecule has 2 rings (SSSR count). The molecule has 0 aromatic carbocycles. The van der Waals surface area contributed by atoms with Crippen LogP contribution in [-0.2, 0) is 0 Å². The van der Waals surface area contributed by atoms with Crippen molar-refractivity contribution in [1.82, 2.24) is 9.97 Å². The Kier molecular flexibility index (Phi) is 4.86. The SMILES string of the molecule is CC1CCCC(CO)(Nc2cc(Cl)nc(C(C)C)n2)C1. The first-order valence-corrected chi connectivity index (χ1v) is 7.75. The van der Waals surface area contributed by atoms with E-state index in [4.69, 9.17) is 11.6 Å². The Morgan fingerprint density at radius 3 is 2.85 bits per heavy atom. The van der Waals surface area contributed by atoms with Crippen LogP contribution < -0.4 is 5.32 Å².